The molecule has 0 bridgehead atoms. The number of nitrogens with one attached hydrogen (secondary N) is 1. The molecule has 1 rings (SSSR count). The van der Waals surface area contributed by atoms with Gasteiger partial charge in [0.15, 0.2) is 0 Å². The molecule has 1 fully saturated rings. The molecule has 3 atom stereocenters. The van der Waals surface area contributed by atoms with Crippen molar-refractivity contribution in [3.8, 4) is 0 Å². The van der Waals surface area contributed by atoms with Crippen LogP contribution in [0.4, 0.5) is 0 Å². The van der Waals surface area contributed by atoms with Gasteiger partial charge in [-0.25, -0.2) is 0 Å². The standard InChI is InChI=1S/C10H20N2O/c1-4-10(3,11)9(13)12-6-8-5-7(8)2/h7-8H,4-6,11H2,1-3H3,(H,12,13). The van der Waals surface area contributed by atoms with E-state index in [1.807, 2.05) is 6.92 Å². The van der Waals surface area contributed by atoms with Crippen LogP contribution in [-0.4, -0.2) is 18.0 Å². The Morgan fingerprint density at radius 3 is 2.62 bits per heavy atom. The number of hydrogen-bond acceptors (Lipinski definition) is 2. The predicted molar refractivity (Wildman–Crippen MR) is 53.2 cm³/mol. The van der Waals surface area contributed by atoms with Crippen LogP contribution < -0.4 is 11.1 Å². The molecule has 3 unspecified atom stereocenters. The average Bonchev–Trinajstić information content (AvgIpc) is 2.77. The van der Waals surface area contributed by atoms with E-state index in [4.69, 9.17) is 5.73 Å². The van der Waals surface area contributed by atoms with E-state index in [0.717, 1.165) is 12.5 Å². The van der Waals surface area contributed by atoms with Gasteiger partial charge in [-0.05, 0) is 31.6 Å². The molecule has 0 radical (unpaired) electrons. The van der Waals surface area contributed by atoms with Crippen molar-refractivity contribution in [1.29, 1.82) is 0 Å². The van der Waals surface area contributed by atoms with Crippen molar-refractivity contribution in [2.24, 2.45) is 17.6 Å². The van der Waals surface area contributed by atoms with Gasteiger partial charge in [0.1, 0.15) is 0 Å². The minimum absolute atomic E-state index is 0.0194. The van der Waals surface area contributed by atoms with Crippen LogP contribution in [0.1, 0.15) is 33.6 Å². The topological polar surface area (TPSA) is 55.1 Å². The summed E-state index contributed by atoms with van der Waals surface area (Å²) in [7, 11) is 0. The second kappa shape index (κ2) is 3.66. The average molecular weight is 184 g/mol. The molecule has 3 heteroatoms. The molecule has 1 amide bonds. The maximum atomic E-state index is 11.5. The summed E-state index contributed by atoms with van der Waals surface area (Å²) in [6, 6.07) is 0. The lowest BCUT2D eigenvalue weighted by molar-refractivity contribution is -0.125. The Bertz CT molecular complexity index is 201. The number of carbonyl (C=O) groups excluding carboxylic acids is 1. The third-order valence-corrected chi connectivity index (χ3v) is 3.05. The number of hydrogen-bond donors (Lipinski definition) is 2. The molecule has 0 saturated heterocycles. The van der Waals surface area contributed by atoms with Crippen molar-refractivity contribution in [3.63, 3.8) is 0 Å². The third-order valence-electron chi connectivity index (χ3n) is 3.05. The van der Waals surface area contributed by atoms with Gasteiger partial charge >= 0.3 is 0 Å². The quantitative estimate of drug-likeness (QED) is 0.681. The van der Waals surface area contributed by atoms with Crippen molar-refractivity contribution >= 4 is 5.91 Å². The Balaban J connectivity index is 2.24. The Labute approximate surface area is 80.1 Å². The number of amides is 1. The summed E-state index contributed by atoms with van der Waals surface area (Å²) in [4.78, 5) is 11.5. The fourth-order valence-corrected chi connectivity index (χ4v) is 1.27. The summed E-state index contributed by atoms with van der Waals surface area (Å²) in [6.07, 6.45) is 1.92. The minimum atomic E-state index is -0.696. The number of nitrogens with two attached hydrogens (primary N) is 1. The molecule has 13 heavy (non-hydrogen) atoms. The maximum absolute atomic E-state index is 11.5. The van der Waals surface area contributed by atoms with E-state index in [9.17, 15) is 4.79 Å². The first kappa shape index (κ1) is 10.5. The summed E-state index contributed by atoms with van der Waals surface area (Å²) in [5.41, 5.74) is 5.09. The highest BCUT2D eigenvalue weighted by Gasteiger charge is 2.34. The molecule has 1 aliphatic rings. The van der Waals surface area contributed by atoms with E-state index in [1.54, 1.807) is 6.92 Å². The molecule has 1 saturated carbocycles. The van der Waals surface area contributed by atoms with Crippen molar-refractivity contribution in [2.45, 2.75) is 39.2 Å². The Kier molecular flexibility index (Phi) is 2.96. The molecular weight excluding hydrogens is 164 g/mol. The van der Waals surface area contributed by atoms with E-state index in [0.29, 0.717) is 12.3 Å². The van der Waals surface area contributed by atoms with Crippen LogP contribution in [0, 0.1) is 11.8 Å². The van der Waals surface area contributed by atoms with Crippen molar-refractivity contribution < 1.29 is 4.79 Å². The highest BCUT2D eigenvalue weighted by molar-refractivity contribution is 5.85. The summed E-state index contributed by atoms with van der Waals surface area (Å²) in [5, 5.41) is 2.90. The van der Waals surface area contributed by atoms with Gasteiger partial charge in [-0.3, -0.25) is 4.79 Å². The van der Waals surface area contributed by atoms with E-state index < -0.39 is 5.54 Å². The monoisotopic (exact) mass is 184 g/mol. The Hall–Kier alpha value is -0.570. The van der Waals surface area contributed by atoms with Crippen LogP contribution in [0.15, 0.2) is 0 Å². The molecule has 3 N–H and O–H groups in total. The SMILES string of the molecule is CCC(C)(N)C(=O)NCC1CC1C. The normalized spacial score (nSPS) is 30.8. The van der Waals surface area contributed by atoms with E-state index >= 15 is 0 Å². The minimum Gasteiger partial charge on any atom is -0.354 e. The lowest BCUT2D eigenvalue weighted by Crippen LogP contribution is -2.51. The molecule has 0 aromatic heterocycles. The van der Waals surface area contributed by atoms with Gasteiger partial charge in [-0.2, -0.15) is 0 Å². The fourth-order valence-electron chi connectivity index (χ4n) is 1.27. The smallest absolute Gasteiger partial charge is 0.239 e. The van der Waals surface area contributed by atoms with Crippen molar-refractivity contribution in [1.82, 2.24) is 5.32 Å². The molecule has 76 valence electrons. The van der Waals surface area contributed by atoms with Crippen LogP contribution in [0.3, 0.4) is 0 Å². The highest BCUT2D eigenvalue weighted by Crippen LogP contribution is 2.36. The van der Waals surface area contributed by atoms with Crippen LogP contribution >= 0.6 is 0 Å². The summed E-state index contributed by atoms with van der Waals surface area (Å²) in [6.45, 7) is 6.71. The second-order valence-corrected chi connectivity index (χ2v) is 4.45. The highest BCUT2D eigenvalue weighted by atomic mass is 16.2. The second-order valence-electron chi connectivity index (χ2n) is 4.45. The van der Waals surface area contributed by atoms with E-state index in [-0.39, 0.29) is 5.91 Å². The van der Waals surface area contributed by atoms with Crippen molar-refractivity contribution in [3.05, 3.63) is 0 Å². The fraction of sp³-hybridized carbons (Fsp3) is 0.900. The van der Waals surface area contributed by atoms with Gasteiger partial charge in [-0.15, -0.1) is 0 Å². The van der Waals surface area contributed by atoms with Gasteiger partial charge in [0.05, 0.1) is 5.54 Å². The number of carbonyl (C=O) groups is 1. The molecule has 0 heterocycles. The van der Waals surface area contributed by atoms with Gasteiger partial charge in [0.25, 0.3) is 0 Å². The molecule has 1 aliphatic carbocycles. The van der Waals surface area contributed by atoms with Crippen LogP contribution in [0.2, 0.25) is 0 Å². The lowest BCUT2D eigenvalue weighted by atomic mass is 9.99. The zero-order valence-corrected chi connectivity index (χ0v) is 8.76. The van der Waals surface area contributed by atoms with Crippen LogP contribution in [-0.2, 0) is 4.79 Å². The lowest BCUT2D eigenvalue weighted by Gasteiger charge is -2.21. The largest absolute Gasteiger partial charge is 0.354 e. The summed E-state index contributed by atoms with van der Waals surface area (Å²) < 4.78 is 0. The van der Waals surface area contributed by atoms with Crippen LogP contribution in [0.5, 0.6) is 0 Å². The third kappa shape index (κ3) is 2.69. The molecule has 0 aromatic rings. The number of rotatable bonds is 4. The van der Waals surface area contributed by atoms with Crippen LogP contribution in [0.25, 0.3) is 0 Å². The first-order valence-electron chi connectivity index (χ1n) is 5.04. The van der Waals surface area contributed by atoms with E-state index in [2.05, 4.69) is 12.2 Å². The summed E-state index contributed by atoms with van der Waals surface area (Å²) >= 11 is 0. The zero-order valence-electron chi connectivity index (χ0n) is 8.76. The maximum Gasteiger partial charge on any atom is 0.239 e. The zero-order chi connectivity index (χ0) is 10.1. The first-order valence-corrected chi connectivity index (χ1v) is 5.04. The van der Waals surface area contributed by atoms with Crippen molar-refractivity contribution in [2.75, 3.05) is 6.54 Å². The molecule has 3 nitrogen and oxygen atoms in total. The molecular formula is C10H20N2O. The Morgan fingerprint density at radius 2 is 2.23 bits per heavy atom. The van der Waals surface area contributed by atoms with Gasteiger partial charge < -0.3 is 11.1 Å². The van der Waals surface area contributed by atoms with Gasteiger partial charge in [-0.1, -0.05) is 13.8 Å². The molecule has 0 aromatic carbocycles. The predicted octanol–water partition coefficient (Wildman–Crippen LogP) is 0.886. The molecule has 0 aliphatic heterocycles. The molecule has 0 spiro atoms. The first-order chi connectivity index (χ1) is 5.97. The summed E-state index contributed by atoms with van der Waals surface area (Å²) in [5.74, 6) is 1.46. The van der Waals surface area contributed by atoms with Gasteiger partial charge in [0.2, 0.25) is 5.91 Å². The van der Waals surface area contributed by atoms with Gasteiger partial charge in [0, 0.05) is 6.54 Å². The van der Waals surface area contributed by atoms with E-state index in [1.165, 1.54) is 6.42 Å². The Morgan fingerprint density at radius 1 is 1.69 bits per heavy atom.